The molecular formula is C12H13ClFNO3. The Hall–Kier alpha value is -1.62. The van der Waals surface area contributed by atoms with Crippen LogP contribution in [0.3, 0.4) is 0 Å². The van der Waals surface area contributed by atoms with Gasteiger partial charge < -0.3 is 10.1 Å². The number of benzene rings is 1. The highest BCUT2D eigenvalue weighted by atomic mass is 35.5. The normalized spacial score (nSPS) is 10.9. The van der Waals surface area contributed by atoms with Gasteiger partial charge in [0.1, 0.15) is 11.4 Å². The van der Waals surface area contributed by atoms with Gasteiger partial charge in [-0.05, 0) is 26.0 Å². The molecule has 0 aliphatic heterocycles. The van der Waals surface area contributed by atoms with Crippen LogP contribution in [-0.4, -0.2) is 24.5 Å². The van der Waals surface area contributed by atoms with Crippen molar-refractivity contribution in [1.82, 2.24) is 5.32 Å². The lowest BCUT2D eigenvalue weighted by molar-refractivity contribution is -0.146. The van der Waals surface area contributed by atoms with Crippen molar-refractivity contribution >= 4 is 23.5 Å². The van der Waals surface area contributed by atoms with E-state index in [1.54, 1.807) is 0 Å². The second-order valence-corrected chi connectivity index (χ2v) is 4.57. The molecule has 0 unspecified atom stereocenters. The quantitative estimate of drug-likeness (QED) is 0.859. The average molecular weight is 274 g/mol. The summed E-state index contributed by atoms with van der Waals surface area (Å²) in [6.07, 6.45) is 0. The van der Waals surface area contributed by atoms with Crippen LogP contribution in [0.15, 0.2) is 18.2 Å². The molecule has 1 aromatic carbocycles. The zero-order valence-electron chi connectivity index (χ0n) is 10.2. The second kappa shape index (κ2) is 5.35. The van der Waals surface area contributed by atoms with E-state index in [9.17, 15) is 14.0 Å². The third-order valence-corrected chi connectivity index (χ3v) is 2.63. The lowest BCUT2D eigenvalue weighted by atomic mass is 10.0. The zero-order valence-corrected chi connectivity index (χ0v) is 11.0. The molecule has 0 heterocycles. The van der Waals surface area contributed by atoms with Gasteiger partial charge in [-0.15, -0.1) is 0 Å². The molecule has 0 saturated heterocycles. The number of carbonyl (C=O) groups excluding carboxylic acids is 2. The van der Waals surface area contributed by atoms with Gasteiger partial charge >= 0.3 is 5.97 Å². The van der Waals surface area contributed by atoms with Gasteiger partial charge in [0.15, 0.2) is 0 Å². The zero-order chi connectivity index (χ0) is 13.9. The SMILES string of the molecule is COC(=O)C(C)(C)NC(=O)c1c(F)cccc1Cl. The highest BCUT2D eigenvalue weighted by Crippen LogP contribution is 2.19. The summed E-state index contributed by atoms with van der Waals surface area (Å²) in [6, 6.07) is 3.90. The van der Waals surface area contributed by atoms with Crippen molar-refractivity contribution in [3.8, 4) is 0 Å². The van der Waals surface area contributed by atoms with E-state index in [-0.39, 0.29) is 10.6 Å². The molecule has 6 heteroatoms. The van der Waals surface area contributed by atoms with Gasteiger partial charge in [-0.25, -0.2) is 9.18 Å². The number of hydrogen-bond donors (Lipinski definition) is 1. The highest BCUT2D eigenvalue weighted by molar-refractivity contribution is 6.33. The standard InChI is InChI=1S/C12H13ClFNO3/c1-12(2,11(17)18-3)15-10(16)9-7(13)5-4-6-8(9)14/h4-6H,1-3H3,(H,15,16). The Morgan fingerprint density at radius 2 is 2.00 bits per heavy atom. The highest BCUT2D eigenvalue weighted by Gasteiger charge is 2.32. The van der Waals surface area contributed by atoms with Gasteiger partial charge in [-0.3, -0.25) is 4.79 Å². The van der Waals surface area contributed by atoms with Crippen LogP contribution in [-0.2, 0) is 9.53 Å². The molecule has 0 aliphatic rings. The predicted molar refractivity (Wildman–Crippen MR) is 65.0 cm³/mol. The summed E-state index contributed by atoms with van der Waals surface area (Å²) in [5, 5.41) is 2.35. The number of carbonyl (C=O) groups is 2. The minimum absolute atomic E-state index is 0.0202. The van der Waals surface area contributed by atoms with E-state index in [1.807, 2.05) is 0 Å². The Kier molecular flexibility index (Phi) is 4.29. The first kappa shape index (κ1) is 14.4. The number of nitrogens with one attached hydrogen (secondary N) is 1. The third-order valence-electron chi connectivity index (χ3n) is 2.31. The number of hydrogen-bond acceptors (Lipinski definition) is 3. The van der Waals surface area contributed by atoms with Crippen LogP contribution in [0.25, 0.3) is 0 Å². The van der Waals surface area contributed by atoms with Crippen molar-refractivity contribution in [3.05, 3.63) is 34.6 Å². The maximum Gasteiger partial charge on any atom is 0.330 e. The molecule has 1 amide bonds. The molecule has 0 radical (unpaired) electrons. The first-order valence-corrected chi connectivity index (χ1v) is 5.52. The van der Waals surface area contributed by atoms with Crippen LogP contribution in [0.2, 0.25) is 5.02 Å². The molecule has 0 aromatic heterocycles. The minimum Gasteiger partial charge on any atom is -0.467 e. The van der Waals surface area contributed by atoms with E-state index in [0.29, 0.717) is 0 Å². The summed E-state index contributed by atoms with van der Waals surface area (Å²) >= 11 is 5.75. The van der Waals surface area contributed by atoms with Crippen LogP contribution in [0.4, 0.5) is 4.39 Å². The first-order chi connectivity index (χ1) is 8.29. The summed E-state index contributed by atoms with van der Waals surface area (Å²) in [5.74, 6) is -2.16. The van der Waals surface area contributed by atoms with Gasteiger partial charge in [0.05, 0.1) is 17.7 Å². The average Bonchev–Trinajstić information content (AvgIpc) is 2.26. The number of ether oxygens (including phenoxy) is 1. The topological polar surface area (TPSA) is 55.4 Å². The van der Waals surface area contributed by atoms with Crippen molar-refractivity contribution in [2.45, 2.75) is 19.4 Å². The molecule has 0 atom stereocenters. The molecule has 0 fully saturated rings. The van der Waals surface area contributed by atoms with Gasteiger partial charge in [0, 0.05) is 0 Å². The molecule has 1 aromatic rings. The maximum atomic E-state index is 13.5. The number of esters is 1. The van der Waals surface area contributed by atoms with Crippen LogP contribution in [0.1, 0.15) is 24.2 Å². The van der Waals surface area contributed by atoms with Crippen LogP contribution in [0.5, 0.6) is 0 Å². The van der Waals surface area contributed by atoms with Gasteiger partial charge in [0.25, 0.3) is 5.91 Å². The fourth-order valence-corrected chi connectivity index (χ4v) is 1.62. The Balaban J connectivity index is 3.00. The molecule has 98 valence electrons. The maximum absolute atomic E-state index is 13.5. The van der Waals surface area contributed by atoms with E-state index in [2.05, 4.69) is 10.1 Å². The van der Waals surface area contributed by atoms with Crippen LogP contribution < -0.4 is 5.32 Å². The summed E-state index contributed by atoms with van der Waals surface area (Å²) in [4.78, 5) is 23.3. The Bertz CT molecular complexity index is 468. The molecule has 0 spiro atoms. The Morgan fingerprint density at radius 1 is 1.39 bits per heavy atom. The fourth-order valence-electron chi connectivity index (χ4n) is 1.37. The summed E-state index contributed by atoms with van der Waals surface area (Å²) < 4.78 is 18.0. The van der Waals surface area contributed by atoms with Gasteiger partial charge in [-0.1, -0.05) is 17.7 Å². The first-order valence-electron chi connectivity index (χ1n) is 5.14. The molecular weight excluding hydrogens is 261 g/mol. The van der Waals surface area contributed by atoms with Crippen molar-refractivity contribution in [3.63, 3.8) is 0 Å². The molecule has 0 aliphatic carbocycles. The van der Waals surface area contributed by atoms with Crippen molar-refractivity contribution in [2.24, 2.45) is 0 Å². The molecule has 4 nitrogen and oxygen atoms in total. The van der Waals surface area contributed by atoms with E-state index in [1.165, 1.54) is 33.1 Å². The summed E-state index contributed by atoms with van der Waals surface area (Å²) in [7, 11) is 1.20. The fraction of sp³-hybridized carbons (Fsp3) is 0.333. The number of methoxy groups -OCH3 is 1. The van der Waals surface area contributed by atoms with E-state index in [0.717, 1.165) is 6.07 Å². The number of rotatable bonds is 3. The van der Waals surface area contributed by atoms with Gasteiger partial charge in [-0.2, -0.15) is 0 Å². The molecule has 1 rings (SSSR count). The second-order valence-electron chi connectivity index (χ2n) is 4.17. The van der Waals surface area contributed by atoms with E-state index >= 15 is 0 Å². The van der Waals surface area contributed by atoms with E-state index < -0.39 is 23.2 Å². The smallest absolute Gasteiger partial charge is 0.330 e. The molecule has 1 N–H and O–H groups in total. The number of halogens is 2. The Morgan fingerprint density at radius 3 is 2.50 bits per heavy atom. The lowest BCUT2D eigenvalue weighted by Crippen LogP contribution is -2.50. The lowest BCUT2D eigenvalue weighted by Gasteiger charge is -2.23. The van der Waals surface area contributed by atoms with Crippen LogP contribution in [0, 0.1) is 5.82 Å². The third kappa shape index (κ3) is 2.98. The molecule has 0 saturated carbocycles. The van der Waals surface area contributed by atoms with Crippen molar-refractivity contribution in [2.75, 3.05) is 7.11 Å². The minimum atomic E-state index is -1.27. The summed E-state index contributed by atoms with van der Waals surface area (Å²) in [5.41, 5.74) is -1.56. The largest absolute Gasteiger partial charge is 0.467 e. The monoisotopic (exact) mass is 273 g/mol. The molecule has 0 bridgehead atoms. The summed E-state index contributed by atoms with van der Waals surface area (Å²) in [6.45, 7) is 2.90. The number of amides is 1. The predicted octanol–water partition coefficient (Wildman–Crippen LogP) is 2.16. The Labute approximate surface area is 109 Å². The van der Waals surface area contributed by atoms with E-state index in [4.69, 9.17) is 11.6 Å². The van der Waals surface area contributed by atoms with Crippen molar-refractivity contribution in [1.29, 1.82) is 0 Å². The van der Waals surface area contributed by atoms with Crippen molar-refractivity contribution < 1.29 is 18.7 Å². The van der Waals surface area contributed by atoms with Gasteiger partial charge in [0.2, 0.25) is 0 Å². The van der Waals surface area contributed by atoms with Crippen LogP contribution >= 0.6 is 11.6 Å². The molecule has 18 heavy (non-hydrogen) atoms.